The monoisotopic (exact) mass is 324 g/mol. The normalized spacial score (nSPS) is 13.9. The molecule has 0 aliphatic carbocycles. The zero-order valence-electron chi connectivity index (χ0n) is 10.4. The van der Waals surface area contributed by atoms with Crippen molar-refractivity contribution in [2.24, 2.45) is 0 Å². The number of aliphatic hydroxyl groups is 1. The number of halogens is 2. The minimum absolute atomic E-state index is 0.0234. The third-order valence-electron chi connectivity index (χ3n) is 2.66. The Labute approximate surface area is 125 Å². The summed E-state index contributed by atoms with van der Waals surface area (Å²) in [4.78, 5) is 10.5. The first-order valence-corrected chi connectivity index (χ1v) is 7.48. The van der Waals surface area contributed by atoms with Crippen molar-refractivity contribution >= 4 is 46.3 Å². The van der Waals surface area contributed by atoms with E-state index in [2.05, 4.69) is 5.32 Å². The molecule has 0 heterocycles. The van der Waals surface area contributed by atoms with Gasteiger partial charge in [-0.3, -0.25) is 10.1 Å². The highest BCUT2D eigenvalue weighted by Gasteiger charge is 2.21. The minimum atomic E-state index is -0.524. The van der Waals surface area contributed by atoms with Gasteiger partial charge < -0.3 is 10.4 Å². The molecule has 0 aliphatic rings. The van der Waals surface area contributed by atoms with E-state index in [0.29, 0.717) is 5.69 Å². The number of nitro benzene ring substituents is 1. The summed E-state index contributed by atoms with van der Waals surface area (Å²) < 4.78 is 0. The van der Waals surface area contributed by atoms with Crippen LogP contribution in [0.4, 0.5) is 11.4 Å². The van der Waals surface area contributed by atoms with Crippen molar-refractivity contribution in [1.29, 1.82) is 0 Å². The van der Waals surface area contributed by atoms with Crippen LogP contribution < -0.4 is 5.32 Å². The molecule has 0 fully saturated rings. The first-order chi connectivity index (χ1) is 8.90. The fourth-order valence-electron chi connectivity index (χ4n) is 1.58. The van der Waals surface area contributed by atoms with Crippen molar-refractivity contribution in [2.45, 2.75) is 18.2 Å². The number of nitrogens with one attached hydrogen (secondary N) is 1. The van der Waals surface area contributed by atoms with Crippen LogP contribution in [0.5, 0.6) is 0 Å². The van der Waals surface area contributed by atoms with E-state index in [1.54, 1.807) is 0 Å². The second-order valence-electron chi connectivity index (χ2n) is 3.93. The Morgan fingerprint density at radius 2 is 2.05 bits per heavy atom. The van der Waals surface area contributed by atoms with Crippen LogP contribution in [-0.2, 0) is 0 Å². The average Bonchev–Trinajstić information content (AvgIpc) is 2.34. The van der Waals surface area contributed by atoms with Gasteiger partial charge in [0.25, 0.3) is 5.69 Å². The number of anilines is 1. The van der Waals surface area contributed by atoms with Crippen LogP contribution in [0.1, 0.15) is 6.92 Å². The molecule has 8 heteroatoms. The van der Waals surface area contributed by atoms with Gasteiger partial charge in [-0.2, -0.15) is 11.8 Å². The highest BCUT2D eigenvalue weighted by molar-refractivity contribution is 7.99. The lowest BCUT2D eigenvalue weighted by atomic mass is 10.2. The van der Waals surface area contributed by atoms with Crippen LogP contribution in [0.2, 0.25) is 10.0 Å². The van der Waals surface area contributed by atoms with Crippen LogP contribution in [0, 0.1) is 10.1 Å². The van der Waals surface area contributed by atoms with Gasteiger partial charge in [0.2, 0.25) is 0 Å². The number of aliphatic hydroxyl groups excluding tert-OH is 1. The molecule has 0 saturated heterocycles. The second-order valence-corrected chi connectivity index (χ2v) is 5.82. The molecule has 0 amide bonds. The SMILES string of the molecule is CSC(CO)C(C)Nc1cc(Cl)c(Cl)cc1[N+](=O)[O-]. The van der Waals surface area contributed by atoms with Gasteiger partial charge in [-0.1, -0.05) is 23.2 Å². The van der Waals surface area contributed by atoms with Crippen LogP contribution in [-0.4, -0.2) is 34.2 Å². The third kappa shape index (κ3) is 4.14. The van der Waals surface area contributed by atoms with Crippen molar-refractivity contribution in [3.8, 4) is 0 Å². The molecule has 0 bridgehead atoms. The highest BCUT2D eigenvalue weighted by Crippen LogP contribution is 2.34. The summed E-state index contributed by atoms with van der Waals surface area (Å²) in [5.74, 6) is 0. The van der Waals surface area contributed by atoms with E-state index in [1.807, 2.05) is 13.2 Å². The Balaban J connectivity index is 3.06. The smallest absolute Gasteiger partial charge is 0.293 e. The maximum atomic E-state index is 11.0. The molecule has 2 atom stereocenters. The first kappa shape index (κ1) is 16.4. The predicted molar refractivity (Wildman–Crippen MR) is 80.6 cm³/mol. The molecule has 0 aromatic heterocycles. The van der Waals surface area contributed by atoms with Gasteiger partial charge >= 0.3 is 0 Å². The highest BCUT2D eigenvalue weighted by atomic mass is 35.5. The molecular formula is C11H14Cl2N2O3S. The summed E-state index contributed by atoms with van der Waals surface area (Å²) >= 11 is 13.1. The molecule has 19 heavy (non-hydrogen) atoms. The molecule has 1 rings (SSSR count). The van der Waals surface area contributed by atoms with E-state index in [1.165, 1.54) is 23.9 Å². The molecule has 0 radical (unpaired) electrons. The molecule has 106 valence electrons. The number of nitro groups is 1. The van der Waals surface area contributed by atoms with Gasteiger partial charge in [0.1, 0.15) is 5.69 Å². The first-order valence-electron chi connectivity index (χ1n) is 5.44. The molecule has 0 saturated carbocycles. The Morgan fingerprint density at radius 3 is 2.53 bits per heavy atom. The number of benzene rings is 1. The largest absolute Gasteiger partial charge is 0.395 e. The fraction of sp³-hybridized carbons (Fsp3) is 0.455. The van der Waals surface area contributed by atoms with E-state index >= 15 is 0 Å². The zero-order valence-corrected chi connectivity index (χ0v) is 12.7. The Kier molecular flexibility index (Phi) is 6.19. The van der Waals surface area contributed by atoms with Crippen molar-refractivity contribution < 1.29 is 10.0 Å². The molecular weight excluding hydrogens is 311 g/mol. The summed E-state index contributed by atoms with van der Waals surface area (Å²) in [6.07, 6.45) is 1.86. The van der Waals surface area contributed by atoms with E-state index < -0.39 is 4.92 Å². The number of hydrogen-bond acceptors (Lipinski definition) is 5. The van der Waals surface area contributed by atoms with Crippen LogP contribution in [0.3, 0.4) is 0 Å². The summed E-state index contributed by atoms with van der Waals surface area (Å²) in [6, 6.07) is 2.48. The van der Waals surface area contributed by atoms with Gasteiger partial charge in [0, 0.05) is 17.4 Å². The standard InChI is InChI=1S/C11H14Cl2N2O3S/c1-6(11(5-16)19-2)14-9-3-7(12)8(13)4-10(9)15(17)18/h3-4,6,11,14,16H,5H2,1-2H3. The Morgan fingerprint density at radius 1 is 1.47 bits per heavy atom. The van der Waals surface area contributed by atoms with Crippen molar-refractivity contribution in [3.63, 3.8) is 0 Å². The van der Waals surface area contributed by atoms with Crippen molar-refractivity contribution in [2.75, 3.05) is 18.2 Å². The van der Waals surface area contributed by atoms with Gasteiger partial charge in [0.15, 0.2) is 0 Å². The summed E-state index contributed by atoms with van der Waals surface area (Å²) in [7, 11) is 0. The fourth-order valence-corrected chi connectivity index (χ4v) is 2.52. The van der Waals surface area contributed by atoms with Gasteiger partial charge in [-0.05, 0) is 19.2 Å². The average molecular weight is 325 g/mol. The Bertz CT molecular complexity index is 469. The lowest BCUT2D eigenvalue weighted by Crippen LogP contribution is -2.31. The maximum absolute atomic E-state index is 11.0. The lowest BCUT2D eigenvalue weighted by molar-refractivity contribution is -0.384. The maximum Gasteiger partial charge on any atom is 0.293 e. The molecule has 0 aliphatic heterocycles. The summed E-state index contributed by atoms with van der Waals surface area (Å²) in [5, 5.41) is 23.5. The van der Waals surface area contributed by atoms with E-state index in [4.69, 9.17) is 23.2 Å². The van der Waals surface area contributed by atoms with Gasteiger partial charge in [-0.25, -0.2) is 0 Å². The summed E-state index contributed by atoms with van der Waals surface area (Å²) in [6.45, 7) is 1.81. The molecule has 1 aromatic carbocycles. The molecule has 2 N–H and O–H groups in total. The molecule has 0 spiro atoms. The number of thioether (sulfide) groups is 1. The molecule has 5 nitrogen and oxygen atoms in total. The van der Waals surface area contributed by atoms with E-state index in [9.17, 15) is 15.2 Å². The lowest BCUT2D eigenvalue weighted by Gasteiger charge is -2.22. The van der Waals surface area contributed by atoms with Crippen molar-refractivity contribution in [3.05, 3.63) is 32.3 Å². The number of hydrogen-bond donors (Lipinski definition) is 2. The predicted octanol–water partition coefficient (Wildman–Crippen LogP) is 3.43. The number of rotatable bonds is 6. The van der Waals surface area contributed by atoms with E-state index in [-0.39, 0.29) is 33.6 Å². The quantitative estimate of drug-likeness (QED) is 0.619. The topological polar surface area (TPSA) is 75.4 Å². The second kappa shape index (κ2) is 7.19. The zero-order chi connectivity index (χ0) is 14.6. The molecule has 1 aromatic rings. The van der Waals surface area contributed by atoms with E-state index in [0.717, 1.165) is 0 Å². The summed E-state index contributed by atoms with van der Waals surface area (Å²) in [5.41, 5.74) is 0.151. The van der Waals surface area contributed by atoms with Crippen LogP contribution in [0.25, 0.3) is 0 Å². The third-order valence-corrected chi connectivity index (χ3v) is 4.54. The van der Waals surface area contributed by atoms with Gasteiger partial charge in [0.05, 0.1) is 21.6 Å². The number of nitrogens with zero attached hydrogens (tertiary/aromatic N) is 1. The van der Waals surface area contributed by atoms with Crippen molar-refractivity contribution in [1.82, 2.24) is 0 Å². The van der Waals surface area contributed by atoms with Crippen LogP contribution >= 0.6 is 35.0 Å². The minimum Gasteiger partial charge on any atom is -0.395 e. The Hall–Kier alpha value is -0.690. The van der Waals surface area contributed by atoms with Crippen LogP contribution in [0.15, 0.2) is 12.1 Å². The molecule has 2 unspecified atom stereocenters. The van der Waals surface area contributed by atoms with Gasteiger partial charge in [-0.15, -0.1) is 0 Å².